The minimum absolute atomic E-state index is 0.271. The molecule has 2 aromatic rings. The molecule has 1 aliphatic rings. The molecule has 1 aromatic carbocycles. The molecule has 3 rings (SSSR count). The van der Waals surface area contributed by atoms with Gasteiger partial charge in [0, 0.05) is 12.6 Å². The van der Waals surface area contributed by atoms with E-state index in [1.807, 2.05) is 10.7 Å². The molecule has 1 fully saturated rings. The zero-order valence-corrected chi connectivity index (χ0v) is 15.1. The Labute approximate surface area is 148 Å². The summed E-state index contributed by atoms with van der Waals surface area (Å²) in [5.41, 5.74) is 7.35. The lowest BCUT2D eigenvalue weighted by Gasteiger charge is -2.25. The van der Waals surface area contributed by atoms with Crippen LogP contribution in [-0.2, 0) is 0 Å². The van der Waals surface area contributed by atoms with Gasteiger partial charge in [-0.2, -0.15) is 0 Å². The Morgan fingerprint density at radius 1 is 1.32 bits per heavy atom. The molecule has 25 heavy (non-hydrogen) atoms. The number of amides is 1. The molecule has 1 saturated heterocycles. The van der Waals surface area contributed by atoms with Gasteiger partial charge >= 0.3 is 0 Å². The minimum atomic E-state index is -0.520. The van der Waals surface area contributed by atoms with Crippen molar-refractivity contribution in [1.82, 2.24) is 19.9 Å². The predicted molar refractivity (Wildman–Crippen MR) is 96.8 cm³/mol. The molecule has 1 atom stereocenters. The highest BCUT2D eigenvalue weighted by atomic mass is 16.5. The summed E-state index contributed by atoms with van der Waals surface area (Å²) in [5.74, 6) is -0.0492. The zero-order valence-electron chi connectivity index (χ0n) is 15.1. The molecule has 7 nitrogen and oxygen atoms in total. The first-order valence-electron chi connectivity index (χ1n) is 9.09. The molecule has 1 aromatic heterocycles. The molecule has 7 heteroatoms. The number of rotatable bonds is 4. The van der Waals surface area contributed by atoms with Crippen molar-refractivity contribution in [1.29, 1.82) is 0 Å². The molecule has 136 valence electrons. The molecular formula is C18H27N5O2. The number of carbonyl (C=O) groups excluding carboxylic acids is 1. The number of ether oxygens (including phenoxy) is 1. The maximum absolute atomic E-state index is 11.6. The van der Waals surface area contributed by atoms with E-state index in [-0.39, 0.29) is 6.04 Å². The van der Waals surface area contributed by atoms with E-state index < -0.39 is 5.91 Å². The summed E-state index contributed by atoms with van der Waals surface area (Å²) in [7, 11) is 1.54. The normalized spacial score (nSPS) is 20.0. The summed E-state index contributed by atoms with van der Waals surface area (Å²) >= 11 is 0. The molecule has 0 unspecified atom stereocenters. The van der Waals surface area contributed by atoms with Crippen LogP contribution in [-0.4, -0.2) is 52.5 Å². The van der Waals surface area contributed by atoms with Crippen LogP contribution in [0.5, 0.6) is 5.75 Å². The van der Waals surface area contributed by atoms with E-state index in [0.717, 1.165) is 31.6 Å². The van der Waals surface area contributed by atoms with Gasteiger partial charge in [-0.1, -0.05) is 31.4 Å². The minimum Gasteiger partial charge on any atom is -0.496 e. The van der Waals surface area contributed by atoms with Crippen molar-refractivity contribution >= 4 is 16.9 Å². The fraction of sp³-hybridized carbons (Fsp3) is 0.611. The largest absolute Gasteiger partial charge is 0.496 e. The maximum Gasteiger partial charge on any atom is 0.252 e. The third-order valence-corrected chi connectivity index (χ3v) is 5.08. The van der Waals surface area contributed by atoms with E-state index in [0.29, 0.717) is 16.8 Å². The van der Waals surface area contributed by atoms with E-state index in [4.69, 9.17) is 10.5 Å². The van der Waals surface area contributed by atoms with E-state index in [9.17, 15) is 4.79 Å². The van der Waals surface area contributed by atoms with Crippen molar-refractivity contribution in [2.24, 2.45) is 5.73 Å². The third-order valence-electron chi connectivity index (χ3n) is 5.08. The number of benzene rings is 1. The SMILES string of the molecule is CCN1CCCCCC[C@@H](n2nnc3cc(C(N)=O)c(OC)cc32)C1. The van der Waals surface area contributed by atoms with Crippen LogP contribution in [0.1, 0.15) is 55.4 Å². The topological polar surface area (TPSA) is 86.3 Å². The van der Waals surface area contributed by atoms with Crippen LogP contribution >= 0.6 is 0 Å². The van der Waals surface area contributed by atoms with Gasteiger partial charge in [-0.15, -0.1) is 5.10 Å². The second-order valence-electron chi connectivity index (χ2n) is 6.69. The van der Waals surface area contributed by atoms with Gasteiger partial charge in [0.25, 0.3) is 5.91 Å². The van der Waals surface area contributed by atoms with E-state index >= 15 is 0 Å². The van der Waals surface area contributed by atoms with E-state index in [1.165, 1.54) is 25.7 Å². The zero-order chi connectivity index (χ0) is 17.8. The molecule has 2 N–H and O–H groups in total. The average molecular weight is 345 g/mol. The summed E-state index contributed by atoms with van der Waals surface area (Å²) in [6, 6.07) is 3.78. The number of methoxy groups -OCH3 is 1. The fourth-order valence-electron chi connectivity index (χ4n) is 3.63. The van der Waals surface area contributed by atoms with Gasteiger partial charge in [0.15, 0.2) is 0 Å². The molecule has 0 radical (unpaired) electrons. The summed E-state index contributed by atoms with van der Waals surface area (Å²) in [5, 5.41) is 8.67. The summed E-state index contributed by atoms with van der Waals surface area (Å²) in [6.45, 7) is 5.35. The van der Waals surface area contributed by atoms with Gasteiger partial charge in [-0.05, 0) is 32.0 Å². The molecule has 0 bridgehead atoms. The monoisotopic (exact) mass is 345 g/mol. The summed E-state index contributed by atoms with van der Waals surface area (Å²) < 4.78 is 7.35. The first-order valence-corrected chi connectivity index (χ1v) is 9.09. The number of fused-ring (bicyclic) bond motifs is 1. The number of hydrogen-bond acceptors (Lipinski definition) is 5. The number of nitrogens with two attached hydrogens (primary N) is 1. The van der Waals surface area contributed by atoms with Crippen LogP contribution in [0.15, 0.2) is 12.1 Å². The number of carbonyl (C=O) groups is 1. The van der Waals surface area contributed by atoms with Crippen molar-refractivity contribution < 1.29 is 9.53 Å². The van der Waals surface area contributed by atoms with Crippen molar-refractivity contribution in [3.63, 3.8) is 0 Å². The van der Waals surface area contributed by atoms with E-state index in [1.54, 1.807) is 13.2 Å². The lowest BCUT2D eigenvalue weighted by atomic mass is 10.1. The predicted octanol–water partition coefficient (Wildman–Crippen LogP) is 2.37. The van der Waals surface area contributed by atoms with Crippen molar-refractivity contribution in [3.8, 4) is 5.75 Å². The van der Waals surface area contributed by atoms with Crippen molar-refractivity contribution in [2.75, 3.05) is 26.7 Å². The average Bonchev–Trinajstić information content (AvgIpc) is 3.07. The van der Waals surface area contributed by atoms with Crippen molar-refractivity contribution in [2.45, 2.75) is 45.1 Å². The molecule has 1 aliphatic heterocycles. The summed E-state index contributed by atoms with van der Waals surface area (Å²) in [6.07, 6.45) is 6.08. The number of likely N-dealkylation sites (N-methyl/N-ethyl adjacent to an activating group) is 1. The Kier molecular flexibility index (Phi) is 5.53. The lowest BCUT2D eigenvalue weighted by Crippen LogP contribution is -2.31. The fourth-order valence-corrected chi connectivity index (χ4v) is 3.63. The smallest absolute Gasteiger partial charge is 0.252 e. The highest BCUT2D eigenvalue weighted by Crippen LogP contribution is 2.28. The number of aromatic nitrogens is 3. The van der Waals surface area contributed by atoms with Crippen molar-refractivity contribution in [3.05, 3.63) is 17.7 Å². The van der Waals surface area contributed by atoms with Crippen LogP contribution in [0.25, 0.3) is 11.0 Å². The second-order valence-corrected chi connectivity index (χ2v) is 6.69. The number of nitrogens with zero attached hydrogens (tertiary/aromatic N) is 4. The quantitative estimate of drug-likeness (QED) is 0.919. The Morgan fingerprint density at radius 2 is 2.12 bits per heavy atom. The Morgan fingerprint density at radius 3 is 2.84 bits per heavy atom. The van der Waals surface area contributed by atoms with E-state index in [2.05, 4.69) is 22.1 Å². The Balaban J connectivity index is 1.99. The third kappa shape index (κ3) is 3.76. The standard InChI is InChI=1S/C18H27N5O2/c1-3-22-9-7-5-4-6-8-13(12-22)23-16-11-17(25-2)14(18(19)24)10-15(16)20-21-23/h10-11,13H,3-9,12H2,1-2H3,(H2,19,24)/t13-/m1/s1. The molecule has 1 amide bonds. The molecule has 0 saturated carbocycles. The first-order chi connectivity index (χ1) is 12.1. The molecule has 0 spiro atoms. The van der Waals surface area contributed by atoms with Gasteiger partial charge in [-0.3, -0.25) is 4.79 Å². The lowest BCUT2D eigenvalue weighted by molar-refractivity contribution is 0.0997. The van der Waals surface area contributed by atoms with Gasteiger partial charge in [0.2, 0.25) is 0 Å². The van der Waals surface area contributed by atoms with Gasteiger partial charge < -0.3 is 15.4 Å². The Hall–Kier alpha value is -2.15. The highest BCUT2D eigenvalue weighted by molar-refractivity contribution is 5.99. The molecule has 0 aliphatic carbocycles. The Bertz CT molecular complexity index is 742. The van der Waals surface area contributed by atoms with Gasteiger partial charge in [0.1, 0.15) is 11.3 Å². The van der Waals surface area contributed by atoms with Crippen LogP contribution in [0.3, 0.4) is 0 Å². The summed E-state index contributed by atoms with van der Waals surface area (Å²) in [4.78, 5) is 14.1. The highest BCUT2D eigenvalue weighted by Gasteiger charge is 2.22. The van der Waals surface area contributed by atoms with Crippen LogP contribution in [0.2, 0.25) is 0 Å². The number of hydrogen-bond donors (Lipinski definition) is 1. The first kappa shape index (κ1) is 17.7. The van der Waals surface area contributed by atoms with Gasteiger partial charge in [-0.25, -0.2) is 4.68 Å². The van der Waals surface area contributed by atoms with Crippen LogP contribution < -0.4 is 10.5 Å². The molecule has 2 heterocycles. The second kappa shape index (κ2) is 7.82. The molecular weight excluding hydrogens is 318 g/mol. The van der Waals surface area contributed by atoms with Crippen LogP contribution in [0.4, 0.5) is 0 Å². The van der Waals surface area contributed by atoms with Crippen LogP contribution in [0, 0.1) is 0 Å². The maximum atomic E-state index is 11.6. The number of primary amides is 1. The van der Waals surface area contributed by atoms with Gasteiger partial charge in [0.05, 0.1) is 24.2 Å².